The minimum Gasteiger partial charge on any atom is -0.489 e. The van der Waals surface area contributed by atoms with E-state index in [2.05, 4.69) is 0 Å². The molecule has 0 bridgehead atoms. The zero-order chi connectivity index (χ0) is 28.9. The highest BCUT2D eigenvalue weighted by molar-refractivity contribution is 6.02. The van der Waals surface area contributed by atoms with Gasteiger partial charge in [-0.3, -0.25) is 14.4 Å². The van der Waals surface area contributed by atoms with Crippen molar-refractivity contribution in [2.45, 2.75) is 45.3 Å². The third-order valence-corrected chi connectivity index (χ3v) is 6.59. The molecule has 0 unspecified atom stereocenters. The van der Waals surface area contributed by atoms with E-state index >= 15 is 0 Å². The second kappa shape index (κ2) is 15.1. The van der Waals surface area contributed by atoms with E-state index in [1.807, 2.05) is 109 Å². The average Bonchev–Trinajstić information content (AvgIpc) is 2.99. The van der Waals surface area contributed by atoms with E-state index in [1.165, 1.54) is 6.92 Å². The zero-order valence-electron chi connectivity index (χ0n) is 23.2. The van der Waals surface area contributed by atoms with E-state index in [9.17, 15) is 14.4 Å². The van der Waals surface area contributed by atoms with E-state index in [0.29, 0.717) is 26.1 Å². The number of para-hydroxylation sites is 2. The Morgan fingerprint density at radius 1 is 0.683 bits per heavy atom. The number of rotatable bonds is 9. The average molecular weight is 547 g/mol. The normalized spacial score (nSPS) is 13.4. The Bertz CT molecular complexity index is 1460. The van der Waals surface area contributed by atoms with Gasteiger partial charge in [0.25, 0.3) is 0 Å². The van der Waals surface area contributed by atoms with Crippen LogP contribution in [0, 0.1) is 0 Å². The summed E-state index contributed by atoms with van der Waals surface area (Å²) < 4.78 is 11.7. The largest absolute Gasteiger partial charge is 0.489 e. The summed E-state index contributed by atoms with van der Waals surface area (Å²) in [6.45, 7) is 2.53. The molecule has 41 heavy (non-hydrogen) atoms. The molecule has 0 aromatic heterocycles. The van der Waals surface area contributed by atoms with Crippen LogP contribution in [0.15, 0.2) is 115 Å². The fraction of sp³-hybridized carbons (Fsp3) is 0.194. The predicted molar refractivity (Wildman–Crippen MR) is 161 cm³/mol. The molecule has 4 aromatic carbocycles. The van der Waals surface area contributed by atoms with Crippen molar-refractivity contribution >= 4 is 23.4 Å². The Kier molecular flexibility index (Phi) is 10.8. The summed E-state index contributed by atoms with van der Waals surface area (Å²) in [5.41, 5.74) is 4.08. The highest BCUT2D eigenvalue weighted by atomic mass is 16.5. The number of ketones is 3. The van der Waals surface area contributed by atoms with Crippen LogP contribution in [0.2, 0.25) is 0 Å². The molecule has 0 atom stereocenters. The lowest BCUT2D eigenvalue weighted by Crippen LogP contribution is -2.21. The van der Waals surface area contributed by atoms with Gasteiger partial charge in [-0.25, -0.2) is 0 Å². The van der Waals surface area contributed by atoms with Gasteiger partial charge in [-0.1, -0.05) is 97.1 Å². The van der Waals surface area contributed by atoms with Crippen molar-refractivity contribution in [1.29, 1.82) is 0 Å². The molecule has 0 amide bonds. The highest BCUT2D eigenvalue weighted by Crippen LogP contribution is 2.35. The summed E-state index contributed by atoms with van der Waals surface area (Å²) >= 11 is 0. The Labute approximate surface area is 241 Å². The molecular formula is C36H34O5. The molecule has 0 N–H and O–H groups in total. The van der Waals surface area contributed by atoms with Crippen LogP contribution >= 0.6 is 0 Å². The monoisotopic (exact) mass is 546 g/mol. The van der Waals surface area contributed by atoms with Gasteiger partial charge in [-0.2, -0.15) is 0 Å². The molecule has 1 aliphatic carbocycles. The van der Waals surface area contributed by atoms with Gasteiger partial charge in [-0.15, -0.1) is 0 Å². The maximum Gasteiger partial charge on any atom is 0.152 e. The molecular weight excluding hydrogens is 512 g/mol. The molecule has 0 radical (unpaired) electrons. The van der Waals surface area contributed by atoms with Gasteiger partial charge in [0.05, 0.1) is 6.42 Å². The summed E-state index contributed by atoms with van der Waals surface area (Å²) in [6.07, 6.45) is 4.27. The van der Waals surface area contributed by atoms with Gasteiger partial charge >= 0.3 is 0 Å². The summed E-state index contributed by atoms with van der Waals surface area (Å²) in [5.74, 6) is 1.57. The topological polar surface area (TPSA) is 69.7 Å². The van der Waals surface area contributed by atoms with Crippen LogP contribution in [0.1, 0.15) is 54.4 Å². The first-order chi connectivity index (χ1) is 20.0. The van der Waals surface area contributed by atoms with Crippen molar-refractivity contribution in [2.75, 3.05) is 0 Å². The van der Waals surface area contributed by atoms with Crippen LogP contribution in [-0.4, -0.2) is 17.3 Å². The quantitative estimate of drug-likeness (QED) is 0.160. The molecule has 0 spiro atoms. The van der Waals surface area contributed by atoms with E-state index in [-0.39, 0.29) is 29.7 Å². The fourth-order valence-corrected chi connectivity index (χ4v) is 4.58. The molecule has 1 fully saturated rings. The third kappa shape index (κ3) is 9.43. The number of ether oxygens (including phenoxy) is 2. The zero-order valence-corrected chi connectivity index (χ0v) is 23.2. The van der Waals surface area contributed by atoms with E-state index in [1.54, 1.807) is 12.2 Å². The van der Waals surface area contributed by atoms with Crippen LogP contribution in [0.25, 0.3) is 6.08 Å². The van der Waals surface area contributed by atoms with Crippen LogP contribution in [0.5, 0.6) is 11.5 Å². The van der Waals surface area contributed by atoms with Gasteiger partial charge in [-0.05, 0) is 47.9 Å². The van der Waals surface area contributed by atoms with E-state index in [0.717, 1.165) is 33.8 Å². The van der Waals surface area contributed by atoms with Crippen molar-refractivity contribution in [2.24, 2.45) is 0 Å². The summed E-state index contributed by atoms with van der Waals surface area (Å²) in [4.78, 5) is 34.4. The van der Waals surface area contributed by atoms with Crippen molar-refractivity contribution in [1.82, 2.24) is 0 Å². The molecule has 0 aliphatic heterocycles. The Morgan fingerprint density at radius 2 is 1.17 bits per heavy atom. The highest BCUT2D eigenvalue weighted by Gasteiger charge is 2.28. The van der Waals surface area contributed by atoms with Gasteiger partial charge in [0.2, 0.25) is 0 Å². The van der Waals surface area contributed by atoms with Crippen LogP contribution in [0.3, 0.4) is 0 Å². The van der Waals surface area contributed by atoms with Crippen molar-refractivity contribution in [3.05, 3.63) is 138 Å². The first kappa shape index (κ1) is 29.2. The molecule has 0 heterocycles. The Hall–Kier alpha value is -4.77. The van der Waals surface area contributed by atoms with Crippen molar-refractivity contribution < 1.29 is 23.9 Å². The number of carbonyl (C=O) groups is 3. The first-order valence-corrected chi connectivity index (χ1v) is 13.7. The summed E-state index contributed by atoms with van der Waals surface area (Å²) in [5, 5.41) is 0. The fourth-order valence-electron chi connectivity index (χ4n) is 4.58. The van der Waals surface area contributed by atoms with E-state index in [4.69, 9.17) is 9.47 Å². The third-order valence-electron chi connectivity index (χ3n) is 6.59. The van der Waals surface area contributed by atoms with Crippen LogP contribution < -0.4 is 9.47 Å². The van der Waals surface area contributed by atoms with Crippen molar-refractivity contribution in [3.63, 3.8) is 0 Å². The standard InChI is InChI=1S/C19H18O3.C17H16O2/c20-16-10-15(11-17(21)12-16)18-8-4-5-9-19(18)22-13-14-6-2-1-3-7-14;1-14(18)11-12-16-9-5-6-10-17(16)19-13-15-7-3-2-4-8-15/h1-9,15H,10-13H2;2-12H,13H2,1H3/b;12-11+. The van der Waals surface area contributed by atoms with Gasteiger partial charge in [0.15, 0.2) is 5.78 Å². The summed E-state index contributed by atoms with van der Waals surface area (Å²) in [6, 6.07) is 35.3. The molecule has 5 heteroatoms. The molecule has 208 valence electrons. The lowest BCUT2D eigenvalue weighted by Gasteiger charge is -2.22. The molecule has 1 saturated carbocycles. The molecule has 4 aromatic rings. The number of benzene rings is 4. The molecule has 1 aliphatic rings. The molecule has 0 saturated heterocycles. The number of Topliss-reactive ketones (excluding diaryl/α,β-unsaturated/α-hetero) is 2. The number of hydrogen-bond acceptors (Lipinski definition) is 5. The second-order valence-corrected chi connectivity index (χ2v) is 9.93. The number of hydrogen-bond donors (Lipinski definition) is 0. The van der Waals surface area contributed by atoms with Gasteiger partial charge in [0, 0.05) is 24.3 Å². The smallest absolute Gasteiger partial charge is 0.152 e. The van der Waals surface area contributed by atoms with E-state index < -0.39 is 0 Å². The van der Waals surface area contributed by atoms with Crippen LogP contribution in [0.4, 0.5) is 0 Å². The Morgan fingerprint density at radius 3 is 1.76 bits per heavy atom. The predicted octanol–water partition coefficient (Wildman–Crippen LogP) is 7.54. The lowest BCUT2D eigenvalue weighted by atomic mass is 9.82. The molecule has 5 nitrogen and oxygen atoms in total. The lowest BCUT2D eigenvalue weighted by molar-refractivity contribution is -0.130. The maximum absolute atomic E-state index is 11.7. The van der Waals surface area contributed by atoms with Crippen molar-refractivity contribution in [3.8, 4) is 11.5 Å². The first-order valence-electron chi connectivity index (χ1n) is 13.7. The number of carbonyl (C=O) groups excluding carboxylic acids is 3. The SMILES string of the molecule is CC(=O)/C=C/c1ccccc1OCc1ccccc1.O=C1CC(=O)CC(c2ccccc2OCc2ccccc2)C1. The minimum atomic E-state index is -0.0549. The van der Waals surface area contributed by atoms with Gasteiger partial charge in [0.1, 0.15) is 36.3 Å². The molecule has 5 rings (SSSR count). The Balaban J connectivity index is 0.000000191. The minimum absolute atomic E-state index is 0.0258. The van der Waals surface area contributed by atoms with Crippen LogP contribution in [-0.2, 0) is 27.6 Å². The maximum atomic E-state index is 11.7. The van der Waals surface area contributed by atoms with Gasteiger partial charge < -0.3 is 9.47 Å². The summed E-state index contributed by atoms with van der Waals surface area (Å²) in [7, 11) is 0. The second-order valence-electron chi connectivity index (χ2n) is 9.93. The number of allylic oxidation sites excluding steroid dienone is 1.